The molecular weight excluding hydrogens is 335 g/mol. The molecule has 1 aliphatic rings. The highest BCUT2D eigenvalue weighted by Crippen LogP contribution is 2.35. The third-order valence-electron chi connectivity index (χ3n) is 5.71. The summed E-state index contributed by atoms with van der Waals surface area (Å²) < 4.78 is 13.6. The number of aliphatic hydroxyl groups excluding tert-OH is 2. The van der Waals surface area contributed by atoms with Crippen LogP contribution in [0.3, 0.4) is 0 Å². The van der Waals surface area contributed by atoms with Crippen LogP contribution in [0.25, 0.3) is 10.9 Å². The first-order chi connectivity index (χ1) is 12.4. The summed E-state index contributed by atoms with van der Waals surface area (Å²) in [5.41, 5.74) is 1.83. The Bertz CT molecular complexity index is 804. The van der Waals surface area contributed by atoms with Gasteiger partial charge < -0.3 is 20.1 Å². The minimum atomic E-state index is -0.649. The highest BCUT2D eigenvalue weighted by atomic mass is 19.1. The quantitative estimate of drug-likeness (QED) is 0.765. The zero-order valence-corrected chi connectivity index (χ0v) is 15.4. The van der Waals surface area contributed by atoms with Crippen LogP contribution in [-0.2, 0) is 11.2 Å². The molecule has 0 spiro atoms. The van der Waals surface area contributed by atoms with Crippen LogP contribution in [0, 0.1) is 18.2 Å². The lowest BCUT2D eigenvalue weighted by Crippen LogP contribution is -2.55. The number of piperidine rings is 1. The van der Waals surface area contributed by atoms with Crippen LogP contribution in [0.4, 0.5) is 4.39 Å². The van der Waals surface area contributed by atoms with Gasteiger partial charge in [-0.1, -0.05) is 13.3 Å². The van der Waals surface area contributed by atoms with E-state index in [2.05, 4.69) is 4.98 Å². The van der Waals surface area contributed by atoms with E-state index < -0.39 is 11.5 Å². The second-order valence-electron chi connectivity index (χ2n) is 7.49. The van der Waals surface area contributed by atoms with E-state index in [1.165, 1.54) is 12.1 Å². The molecule has 2 aromatic rings. The summed E-state index contributed by atoms with van der Waals surface area (Å²) in [6.45, 7) is 4.59. The van der Waals surface area contributed by atoms with Crippen LogP contribution in [0.15, 0.2) is 18.2 Å². The number of fused-ring (bicyclic) bond motifs is 1. The highest BCUT2D eigenvalue weighted by molar-refractivity contribution is 5.90. The van der Waals surface area contributed by atoms with Gasteiger partial charge in [0.1, 0.15) is 5.82 Å². The van der Waals surface area contributed by atoms with E-state index in [4.69, 9.17) is 0 Å². The smallest absolute Gasteiger partial charge is 0.227 e. The number of nitrogens with zero attached hydrogens (tertiary/aromatic N) is 1. The first kappa shape index (κ1) is 18.9. The predicted octanol–water partition coefficient (Wildman–Crippen LogP) is 2.53. The normalized spacial score (nSPS) is 23.6. The highest BCUT2D eigenvalue weighted by Gasteiger charge is 2.42. The van der Waals surface area contributed by atoms with Crippen LogP contribution < -0.4 is 0 Å². The minimum absolute atomic E-state index is 0.0564. The summed E-state index contributed by atoms with van der Waals surface area (Å²) >= 11 is 0. The number of likely N-dealkylation sites (tertiary alicyclic amines) is 1. The molecule has 0 aliphatic carbocycles. The molecule has 0 bridgehead atoms. The summed E-state index contributed by atoms with van der Waals surface area (Å²) in [5.74, 6) is -0.382. The molecule has 6 heteroatoms. The molecule has 0 unspecified atom stereocenters. The number of hydrogen-bond acceptors (Lipinski definition) is 3. The molecule has 5 nitrogen and oxygen atoms in total. The van der Waals surface area contributed by atoms with Crippen molar-refractivity contribution in [1.29, 1.82) is 0 Å². The van der Waals surface area contributed by atoms with Crippen molar-refractivity contribution in [3.05, 3.63) is 35.3 Å². The molecule has 26 heavy (non-hydrogen) atoms. The van der Waals surface area contributed by atoms with Crippen molar-refractivity contribution < 1.29 is 19.4 Å². The number of benzene rings is 1. The lowest BCUT2D eigenvalue weighted by Gasteiger charge is -2.45. The molecule has 1 aromatic carbocycles. The van der Waals surface area contributed by atoms with E-state index in [1.54, 1.807) is 11.0 Å². The fourth-order valence-electron chi connectivity index (χ4n) is 4.19. The Morgan fingerprint density at radius 3 is 2.92 bits per heavy atom. The number of rotatable bonds is 5. The van der Waals surface area contributed by atoms with Crippen molar-refractivity contribution in [3.63, 3.8) is 0 Å². The number of amides is 1. The molecule has 1 aliphatic heterocycles. The van der Waals surface area contributed by atoms with Gasteiger partial charge in [-0.25, -0.2) is 4.39 Å². The second-order valence-corrected chi connectivity index (χ2v) is 7.49. The zero-order valence-electron chi connectivity index (χ0n) is 15.4. The fraction of sp³-hybridized carbons (Fsp3) is 0.550. The number of H-pyrrole nitrogens is 1. The molecule has 2 atom stereocenters. The largest absolute Gasteiger partial charge is 0.396 e. The summed E-state index contributed by atoms with van der Waals surface area (Å²) in [4.78, 5) is 17.8. The number of hydrogen-bond donors (Lipinski definition) is 3. The fourth-order valence-corrected chi connectivity index (χ4v) is 4.19. The Hall–Kier alpha value is -1.92. The van der Waals surface area contributed by atoms with Gasteiger partial charge >= 0.3 is 0 Å². The summed E-state index contributed by atoms with van der Waals surface area (Å²) in [6, 6.07) is 4.54. The van der Waals surface area contributed by atoms with Gasteiger partial charge in [-0.05, 0) is 43.5 Å². The van der Waals surface area contributed by atoms with Crippen molar-refractivity contribution in [3.8, 4) is 0 Å². The Balaban J connectivity index is 1.82. The first-order valence-corrected chi connectivity index (χ1v) is 9.23. The van der Waals surface area contributed by atoms with Crippen molar-refractivity contribution in [2.24, 2.45) is 5.41 Å². The lowest BCUT2D eigenvalue weighted by molar-refractivity contribution is -0.141. The van der Waals surface area contributed by atoms with Crippen LogP contribution in [0.1, 0.15) is 37.4 Å². The van der Waals surface area contributed by atoms with Gasteiger partial charge in [-0.15, -0.1) is 0 Å². The predicted molar refractivity (Wildman–Crippen MR) is 98.3 cm³/mol. The average Bonchev–Trinajstić information content (AvgIpc) is 2.92. The van der Waals surface area contributed by atoms with E-state index in [0.29, 0.717) is 25.9 Å². The van der Waals surface area contributed by atoms with Crippen LogP contribution >= 0.6 is 0 Å². The maximum atomic E-state index is 13.6. The summed E-state index contributed by atoms with van der Waals surface area (Å²) in [7, 11) is 0. The number of aromatic nitrogens is 1. The number of carbonyl (C=O) groups excluding carboxylic acids is 1. The van der Waals surface area contributed by atoms with E-state index in [0.717, 1.165) is 28.6 Å². The number of aryl methyl sites for hydroxylation is 1. The molecule has 1 fully saturated rings. The number of carbonyl (C=O) groups is 1. The van der Waals surface area contributed by atoms with Gasteiger partial charge in [-0.3, -0.25) is 4.79 Å². The number of aliphatic hydroxyl groups is 2. The number of nitrogens with one attached hydrogen (secondary N) is 1. The van der Waals surface area contributed by atoms with Gasteiger partial charge in [0.05, 0.1) is 19.1 Å². The monoisotopic (exact) mass is 362 g/mol. The number of halogens is 1. The van der Waals surface area contributed by atoms with Crippen molar-refractivity contribution in [2.75, 3.05) is 19.7 Å². The first-order valence-electron chi connectivity index (χ1n) is 9.23. The van der Waals surface area contributed by atoms with Crippen LogP contribution in [0.5, 0.6) is 0 Å². The molecule has 2 heterocycles. The SMILES string of the molecule is CCC[C@@]1(CO)CN(C(=O)Cc2c(C)[nH]c3ccc(F)cc23)CC[C@H]1O. The standard InChI is InChI=1S/C20H27FN2O3/c1-3-7-20(12-24)11-23(8-6-18(20)25)19(26)10-15-13(2)22-17-5-4-14(21)9-16(15)17/h4-5,9,18,22,24-25H,3,6-8,10-12H2,1-2H3/t18-,20+/m1/s1. The summed E-state index contributed by atoms with van der Waals surface area (Å²) in [6.07, 6.45) is 1.56. The molecule has 1 aromatic heterocycles. The number of aromatic amines is 1. The Labute approximate surface area is 152 Å². The Morgan fingerprint density at radius 1 is 1.46 bits per heavy atom. The van der Waals surface area contributed by atoms with Crippen molar-refractivity contribution in [2.45, 2.75) is 45.6 Å². The third-order valence-corrected chi connectivity index (χ3v) is 5.71. The zero-order chi connectivity index (χ0) is 18.9. The van der Waals surface area contributed by atoms with Gasteiger partial charge in [0.2, 0.25) is 5.91 Å². The maximum Gasteiger partial charge on any atom is 0.227 e. The molecule has 1 amide bonds. The molecular formula is C20H27FN2O3. The molecule has 0 radical (unpaired) electrons. The van der Waals surface area contributed by atoms with E-state index in [1.807, 2.05) is 13.8 Å². The minimum Gasteiger partial charge on any atom is -0.396 e. The topological polar surface area (TPSA) is 76.6 Å². The van der Waals surface area contributed by atoms with Crippen LogP contribution in [0.2, 0.25) is 0 Å². The van der Waals surface area contributed by atoms with Gasteiger partial charge in [-0.2, -0.15) is 0 Å². The van der Waals surface area contributed by atoms with Crippen molar-refractivity contribution in [1.82, 2.24) is 9.88 Å². The molecule has 142 valence electrons. The van der Waals surface area contributed by atoms with Crippen molar-refractivity contribution >= 4 is 16.8 Å². The van der Waals surface area contributed by atoms with E-state index >= 15 is 0 Å². The lowest BCUT2D eigenvalue weighted by atomic mass is 9.74. The van der Waals surface area contributed by atoms with Crippen LogP contribution in [-0.4, -0.2) is 51.8 Å². The average molecular weight is 362 g/mol. The Morgan fingerprint density at radius 2 is 2.23 bits per heavy atom. The molecule has 1 saturated heterocycles. The molecule has 0 saturated carbocycles. The molecule has 3 N–H and O–H groups in total. The second kappa shape index (κ2) is 7.37. The van der Waals surface area contributed by atoms with E-state index in [-0.39, 0.29) is 24.8 Å². The third kappa shape index (κ3) is 3.35. The van der Waals surface area contributed by atoms with E-state index in [9.17, 15) is 19.4 Å². The summed E-state index contributed by atoms with van der Waals surface area (Å²) in [5, 5.41) is 21.0. The molecule has 3 rings (SSSR count). The van der Waals surface area contributed by atoms with Gasteiger partial charge in [0.15, 0.2) is 0 Å². The van der Waals surface area contributed by atoms with Gasteiger partial charge in [0, 0.05) is 35.1 Å². The maximum absolute atomic E-state index is 13.6. The van der Waals surface area contributed by atoms with Gasteiger partial charge in [0.25, 0.3) is 0 Å². The Kier molecular flexibility index (Phi) is 5.34.